The molecule has 5 nitrogen and oxygen atoms in total. The highest BCUT2D eigenvalue weighted by Crippen LogP contribution is 2.45. The average molecular weight is 431 g/mol. The molecule has 0 atom stereocenters. The number of carbonyl (C=O) groups excluding carboxylic acids is 2. The van der Waals surface area contributed by atoms with Gasteiger partial charge in [0.1, 0.15) is 5.75 Å². The predicted octanol–water partition coefficient (Wildman–Crippen LogP) is 4.00. The predicted molar refractivity (Wildman–Crippen MR) is 99.5 cm³/mol. The molecule has 2 saturated heterocycles. The van der Waals surface area contributed by atoms with E-state index in [-0.39, 0.29) is 34.2 Å². The molecule has 1 spiro atoms. The molecule has 1 aromatic carbocycles. The first-order valence-electron chi connectivity index (χ1n) is 9.80. The van der Waals surface area contributed by atoms with Crippen LogP contribution < -0.4 is 10.1 Å². The summed E-state index contributed by atoms with van der Waals surface area (Å²) in [5.74, 6) is -0.309. The summed E-state index contributed by atoms with van der Waals surface area (Å²) in [7, 11) is 0. The summed E-state index contributed by atoms with van der Waals surface area (Å²) in [6.07, 6.45) is -0.807. The van der Waals surface area contributed by atoms with Crippen LogP contribution in [0.25, 0.3) is 0 Å². The van der Waals surface area contributed by atoms with Crippen LogP contribution in [0.15, 0.2) is 18.2 Å². The largest absolute Gasteiger partial charge is 0.573 e. The lowest BCUT2D eigenvalue weighted by Crippen LogP contribution is -2.57. The second-order valence-corrected chi connectivity index (χ2v) is 8.62. The molecule has 0 bridgehead atoms. The molecule has 1 aliphatic carbocycles. The number of nitrogens with one attached hydrogen (secondary N) is 1. The van der Waals surface area contributed by atoms with Crippen molar-refractivity contribution in [1.29, 1.82) is 0 Å². The molecule has 0 unspecified atom stereocenters. The molecule has 2 heterocycles. The molecule has 0 radical (unpaired) electrons. The molecule has 2 aliphatic heterocycles. The van der Waals surface area contributed by atoms with Gasteiger partial charge in [-0.1, -0.05) is 23.7 Å². The third-order valence-electron chi connectivity index (χ3n) is 6.32. The van der Waals surface area contributed by atoms with E-state index in [1.165, 1.54) is 12.1 Å². The zero-order valence-corrected chi connectivity index (χ0v) is 16.5. The number of carbonyl (C=O) groups is 2. The molecule has 29 heavy (non-hydrogen) atoms. The summed E-state index contributed by atoms with van der Waals surface area (Å²) in [6, 6.07) is 4.42. The van der Waals surface area contributed by atoms with Gasteiger partial charge in [0.25, 0.3) is 0 Å². The van der Waals surface area contributed by atoms with Crippen LogP contribution in [0, 0.1) is 5.92 Å². The highest BCUT2D eigenvalue weighted by molar-refractivity contribution is 6.32. The Bertz CT molecular complexity index is 816. The Balaban J connectivity index is 1.34. The van der Waals surface area contributed by atoms with Gasteiger partial charge in [-0.15, -0.1) is 13.2 Å². The molecule has 158 valence electrons. The van der Waals surface area contributed by atoms with Crippen LogP contribution in [0.4, 0.5) is 13.2 Å². The van der Waals surface area contributed by atoms with E-state index >= 15 is 0 Å². The number of hydrogen-bond donors (Lipinski definition) is 1. The fourth-order valence-electron chi connectivity index (χ4n) is 4.85. The molecule has 9 heteroatoms. The molecule has 3 aliphatic rings. The molecule has 1 aromatic rings. The number of halogens is 4. The summed E-state index contributed by atoms with van der Waals surface area (Å²) in [5.41, 5.74) is 0.444. The van der Waals surface area contributed by atoms with Crippen LogP contribution in [0.5, 0.6) is 5.75 Å². The molecular weight excluding hydrogens is 409 g/mol. The Morgan fingerprint density at radius 3 is 2.52 bits per heavy atom. The van der Waals surface area contributed by atoms with Crippen molar-refractivity contribution in [2.45, 2.75) is 56.3 Å². The van der Waals surface area contributed by atoms with E-state index in [9.17, 15) is 22.8 Å². The Morgan fingerprint density at radius 1 is 1.24 bits per heavy atom. The lowest BCUT2D eigenvalue weighted by atomic mass is 9.67. The lowest BCUT2D eigenvalue weighted by molar-refractivity contribution is -0.274. The van der Waals surface area contributed by atoms with Crippen LogP contribution in [-0.2, 0) is 9.59 Å². The Morgan fingerprint density at radius 2 is 1.93 bits per heavy atom. The van der Waals surface area contributed by atoms with E-state index < -0.39 is 12.1 Å². The minimum absolute atomic E-state index is 0.0208. The smallest absolute Gasteiger partial charge is 0.404 e. The maximum Gasteiger partial charge on any atom is 0.573 e. The molecular formula is C20H22ClF3N2O3. The number of benzene rings is 1. The van der Waals surface area contributed by atoms with Crippen molar-refractivity contribution in [2.75, 3.05) is 13.1 Å². The third kappa shape index (κ3) is 4.17. The fraction of sp³-hybridized carbons (Fsp3) is 0.600. The molecule has 0 aromatic heterocycles. The topological polar surface area (TPSA) is 58.6 Å². The van der Waals surface area contributed by atoms with E-state index in [4.69, 9.17) is 11.6 Å². The van der Waals surface area contributed by atoms with Gasteiger partial charge in [-0.3, -0.25) is 9.59 Å². The van der Waals surface area contributed by atoms with Crippen LogP contribution in [0.3, 0.4) is 0 Å². The van der Waals surface area contributed by atoms with Gasteiger partial charge in [0.2, 0.25) is 11.8 Å². The van der Waals surface area contributed by atoms with Crippen molar-refractivity contribution in [1.82, 2.24) is 10.2 Å². The number of hydrogen-bond acceptors (Lipinski definition) is 3. The second-order valence-electron chi connectivity index (χ2n) is 8.24. The maximum absolute atomic E-state index is 12.8. The summed E-state index contributed by atoms with van der Waals surface area (Å²) in [4.78, 5) is 26.0. The Labute approximate surface area is 171 Å². The van der Waals surface area contributed by atoms with Crippen molar-refractivity contribution >= 4 is 23.4 Å². The van der Waals surface area contributed by atoms with Crippen LogP contribution in [0.2, 0.25) is 5.02 Å². The summed E-state index contributed by atoms with van der Waals surface area (Å²) in [6.45, 7) is 1.08. The average Bonchev–Trinajstić information content (AvgIpc) is 3.03. The van der Waals surface area contributed by atoms with E-state index in [1.54, 1.807) is 6.07 Å². The molecule has 1 saturated carbocycles. The number of amides is 2. The fourth-order valence-corrected chi connectivity index (χ4v) is 5.17. The highest BCUT2D eigenvalue weighted by atomic mass is 35.5. The summed E-state index contributed by atoms with van der Waals surface area (Å²) in [5, 5.41) is 2.97. The number of nitrogens with zero attached hydrogens (tertiary/aromatic N) is 1. The Hall–Kier alpha value is -1.96. The second kappa shape index (κ2) is 7.38. The Kier molecular flexibility index (Phi) is 5.17. The molecule has 2 amide bonds. The van der Waals surface area contributed by atoms with E-state index in [0.717, 1.165) is 6.42 Å². The van der Waals surface area contributed by atoms with E-state index in [2.05, 4.69) is 10.1 Å². The van der Waals surface area contributed by atoms with Gasteiger partial charge in [-0.2, -0.15) is 0 Å². The summed E-state index contributed by atoms with van der Waals surface area (Å²) < 4.78 is 41.6. The first-order valence-corrected chi connectivity index (χ1v) is 10.2. The van der Waals surface area contributed by atoms with Gasteiger partial charge >= 0.3 is 6.36 Å². The van der Waals surface area contributed by atoms with Crippen molar-refractivity contribution < 1.29 is 27.5 Å². The van der Waals surface area contributed by atoms with Gasteiger partial charge in [-0.05, 0) is 49.7 Å². The van der Waals surface area contributed by atoms with Crippen LogP contribution in [-0.4, -0.2) is 41.7 Å². The zero-order valence-electron chi connectivity index (χ0n) is 15.7. The third-order valence-corrected chi connectivity index (χ3v) is 6.73. The number of alkyl halides is 3. The van der Waals surface area contributed by atoms with Crippen molar-refractivity contribution in [3.05, 3.63) is 28.8 Å². The number of rotatable bonds is 3. The van der Waals surface area contributed by atoms with E-state index in [0.29, 0.717) is 50.8 Å². The van der Waals surface area contributed by atoms with Crippen LogP contribution >= 0.6 is 11.6 Å². The van der Waals surface area contributed by atoms with Crippen molar-refractivity contribution in [3.63, 3.8) is 0 Å². The standard InChI is InChI=1S/C20H22ClF3N2O3/c21-17-14(2-1-3-15(17)29-20(22,23)24)12-5-8-26(9-6-12)18(28)13-10-19(11-13)7-4-16(27)25-19/h1-3,12-13H,4-11H2,(H,25,27)/t13-,19+. The SMILES string of the molecule is O=C1CC[C@]2(C[C@H](C(=O)N3CCC(c4cccc(OC(F)(F)F)c4Cl)CC3)C2)N1. The van der Waals surface area contributed by atoms with Crippen molar-refractivity contribution in [3.8, 4) is 5.75 Å². The van der Waals surface area contributed by atoms with Gasteiger partial charge in [-0.25, -0.2) is 0 Å². The lowest BCUT2D eigenvalue weighted by Gasteiger charge is -2.46. The zero-order chi connectivity index (χ0) is 20.8. The van der Waals surface area contributed by atoms with E-state index in [1.807, 2.05) is 4.90 Å². The highest BCUT2D eigenvalue weighted by Gasteiger charge is 2.51. The van der Waals surface area contributed by atoms with Crippen LogP contribution in [0.1, 0.15) is 50.0 Å². The number of ether oxygens (including phenoxy) is 1. The first kappa shape index (κ1) is 20.3. The minimum atomic E-state index is -4.79. The van der Waals surface area contributed by atoms with Gasteiger partial charge in [0, 0.05) is 31.0 Å². The number of likely N-dealkylation sites (tertiary alicyclic amines) is 1. The van der Waals surface area contributed by atoms with Crippen molar-refractivity contribution in [2.24, 2.45) is 5.92 Å². The first-order chi connectivity index (χ1) is 13.7. The molecule has 4 rings (SSSR count). The number of piperidine rings is 1. The normalized spacial score (nSPS) is 27.7. The van der Waals surface area contributed by atoms with Gasteiger partial charge < -0.3 is 15.0 Å². The maximum atomic E-state index is 12.8. The molecule has 1 N–H and O–H groups in total. The minimum Gasteiger partial charge on any atom is -0.404 e. The van der Waals surface area contributed by atoms with Gasteiger partial charge in [0.05, 0.1) is 5.02 Å². The monoisotopic (exact) mass is 430 g/mol. The molecule has 3 fully saturated rings. The quantitative estimate of drug-likeness (QED) is 0.788. The summed E-state index contributed by atoms with van der Waals surface area (Å²) >= 11 is 6.17. The van der Waals surface area contributed by atoms with Gasteiger partial charge in [0.15, 0.2) is 0 Å².